The third-order valence-corrected chi connectivity index (χ3v) is 4.17. The lowest BCUT2D eigenvalue weighted by Crippen LogP contribution is -2.11. The molecule has 5 heteroatoms. The van der Waals surface area contributed by atoms with Gasteiger partial charge >= 0.3 is 0 Å². The van der Waals surface area contributed by atoms with Crippen LogP contribution in [0.3, 0.4) is 0 Å². The molecule has 1 N–H and O–H groups in total. The third kappa shape index (κ3) is 3.04. The summed E-state index contributed by atoms with van der Waals surface area (Å²) < 4.78 is 0. The fourth-order valence-electron chi connectivity index (χ4n) is 2.15. The highest BCUT2D eigenvalue weighted by Gasteiger charge is 2.12. The Morgan fingerprint density at radius 1 is 1.05 bits per heavy atom. The molecule has 0 radical (unpaired) electrons. The van der Waals surface area contributed by atoms with Crippen LogP contribution in [0.1, 0.15) is 21.5 Å². The first kappa shape index (κ1) is 14.4. The Labute approximate surface area is 132 Å². The van der Waals surface area contributed by atoms with E-state index in [2.05, 4.69) is 15.5 Å². The summed E-state index contributed by atoms with van der Waals surface area (Å²) in [5.74, 6) is -0.170. The second-order valence-electron chi connectivity index (χ2n) is 5.05. The number of rotatable bonds is 3. The second-order valence-corrected chi connectivity index (χ2v) is 6.03. The quantitative estimate of drug-likeness (QED) is 0.793. The number of nitrogens with zero attached hydrogens (tertiary/aromatic N) is 2. The van der Waals surface area contributed by atoms with Crippen LogP contribution >= 0.6 is 11.3 Å². The molecular weight excluding hydrogens is 294 g/mol. The van der Waals surface area contributed by atoms with Crippen molar-refractivity contribution in [3.05, 3.63) is 65.2 Å². The van der Waals surface area contributed by atoms with Gasteiger partial charge in [-0.2, -0.15) is 0 Å². The normalized spacial score (nSPS) is 10.5. The zero-order chi connectivity index (χ0) is 15.5. The Hall–Kier alpha value is -2.53. The first-order chi connectivity index (χ1) is 10.6. The van der Waals surface area contributed by atoms with Crippen molar-refractivity contribution in [3.8, 4) is 10.6 Å². The predicted octanol–water partition coefficient (Wildman–Crippen LogP) is 4.07. The molecule has 0 spiro atoms. The van der Waals surface area contributed by atoms with Crippen LogP contribution in [0.2, 0.25) is 0 Å². The first-order valence-corrected chi connectivity index (χ1v) is 7.72. The summed E-state index contributed by atoms with van der Waals surface area (Å²) in [6, 6.07) is 15.4. The summed E-state index contributed by atoms with van der Waals surface area (Å²) in [5, 5.41) is 12.3. The van der Waals surface area contributed by atoms with E-state index >= 15 is 0 Å². The number of carbonyl (C=O) groups excluding carboxylic acids is 1. The summed E-state index contributed by atoms with van der Waals surface area (Å²) in [4.78, 5) is 12.2. The Balaban J connectivity index is 1.80. The minimum Gasteiger partial charge on any atom is -0.296 e. The summed E-state index contributed by atoms with van der Waals surface area (Å²) in [6.45, 7) is 3.99. The summed E-state index contributed by atoms with van der Waals surface area (Å²) in [7, 11) is 0. The van der Waals surface area contributed by atoms with E-state index in [1.165, 1.54) is 11.3 Å². The molecular formula is C17H15N3OS. The zero-order valence-corrected chi connectivity index (χ0v) is 13.1. The van der Waals surface area contributed by atoms with Crippen molar-refractivity contribution in [2.24, 2.45) is 0 Å². The molecule has 110 valence electrons. The molecule has 1 amide bonds. The SMILES string of the molecule is Cc1cccc(C(=O)Nc2nnc(-c3ccccc3C)s2)c1. The van der Waals surface area contributed by atoms with Crippen LogP contribution in [0, 0.1) is 13.8 Å². The summed E-state index contributed by atoms with van der Waals surface area (Å²) in [6.07, 6.45) is 0. The maximum Gasteiger partial charge on any atom is 0.257 e. The lowest BCUT2D eigenvalue weighted by Gasteiger charge is -2.02. The molecule has 0 aliphatic heterocycles. The molecule has 4 nitrogen and oxygen atoms in total. The van der Waals surface area contributed by atoms with Crippen molar-refractivity contribution in [1.82, 2.24) is 10.2 Å². The van der Waals surface area contributed by atoms with Crippen molar-refractivity contribution in [3.63, 3.8) is 0 Å². The van der Waals surface area contributed by atoms with Gasteiger partial charge in [0.05, 0.1) is 0 Å². The number of benzene rings is 2. The smallest absolute Gasteiger partial charge is 0.257 e. The lowest BCUT2D eigenvalue weighted by atomic mass is 10.1. The van der Waals surface area contributed by atoms with Gasteiger partial charge in [-0.25, -0.2) is 0 Å². The molecule has 0 aliphatic carbocycles. The minimum atomic E-state index is -0.170. The van der Waals surface area contributed by atoms with Crippen LogP contribution in [0.25, 0.3) is 10.6 Å². The van der Waals surface area contributed by atoms with Crippen LogP contribution in [0.15, 0.2) is 48.5 Å². The molecule has 3 aromatic rings. The number of nitrogens with one attached hydrogen (secondary N) is 1. The Bertz CT molecular complexity index is 826. The fraction of sp³-hybridized carbons (Fsp3) is 0.118. The monoisotopic (exact) mass is 309 g/mol. The number of aromatic nitrogens is 2. The Morgan fingerprint density at radius 2 is 1.86 bits per heavy atom. The van der Waals surface area contributed by atoms with Gasteiger partial charge in [0, 0.05) is 11.1 Å². The Morgan fingerprint density at radius 3 is 2.64 bits per heavy atom. The van der Waals surface area contributed by atoms with E-state index in [9.17, 15) is 4.79 Å². The summed E-state index contributed by atoms with van der Waals surface area (Å²) in [5.41, 5.74) is 3.84. The van der Waals surface area contributed by atoms with E-state index in [0.29, 0.717) is 10.7 Å². The molecule has 0 atom stereocenters. The van der Waals surface area contributed by atoms with E-state index in [-0.39, 0.29) is 5.91 Å². The number of anilines is 1. The molecule has 0 saturated carbocycles. The zero-order valence-electron chi connectivity index (χ0n) is 12.3. The first-order valence-electron chi connectivity index (χ1n) is 6.91. The van der Waals surface area contributed by atoms with Gasteiger partial charge in [-0.3, -0.25) is 10.1 Å². The maximum atomic E-state index is 12.2. The number of hydrogen-bond acceptors (Lipinski definition) is 4. The largest absolute Gasteiger partial charge is 0.296 e. The number of amides is 1. The van der Waals surface area contributed by atoms with Crippen molar-refractivity contribution in [1.29, 1.82) is 0 Å². The van der Waals surface area contributed by atoms with Crippen molar-refractivity contribution >= 4 is 22.4 Å². The van der Waals surface area contributed by atoms with E-state index < -0.39 is 0 Å². The number of aryl methyl sites for hydroxylation is 2. The standard InChI is InChI=1S/C17H15N3OS/c1-11-6-5-8-13(10-11)15(21)18-17-20-19-16(22-17)14-9-4-3-7-12(14)2/h3-10H,1-2H3,(H,18,20,21). The Kier molecular flexibility index (Phi) is 3.98. The van der Waals surface area contributed by atoms with Gasteiger partial charge in [-0.1, -0.05) is 53.3 Å². The van der Waals surface area contributed by atoms with Gasteiger partial charge in [-0.15, -0.1) is 10.2 Å². The highest BCUT2D eigenvalue weighted by Crippen LogP contribution is 2.28. The minimum absolute atomic E-state index is 0.170. The molecule has 0 bridgehead atoms. The average Bonchev–Trinajstić information content (AvgIpc) is 2.96. The van der Waals surface area contributed by atoms with Gasteiger partial charge in [0.25, 0.3) is 5.91 Å². The molecule has 0 saturated heterocycles. The number of hydrogen-bond donors (Lipinski definition) is 1. The highest BCUT2D eigenvalue weighted by atomic mass is 32.1. The third-order valence-electron chi connectivity index (χ3n) is 3.30. The topological polar surface area (TPSA) is 54.9 Å². The van der Waals surface area contributed by atoms with Gasteiger partial charge in [-0.05, 0) is 31.5 Å². The van der Waals surface area contributed by atoms with E-state index in [1.807, 2.05) is 56.3 Å². The van der Waals surface area contributed by atoms with Crippen LogP contribution in [-0.2, 0) is 0 Å². The van der Waals surface area contributed by atoms with E-state index in [0.717, 1.165) is 21.7 Å². The van der Waals surface area contributed by atoms with Crippen molar-refractivity contribution < 1.29 is 4.79 Å². The molecule has 1 aromatic heterocycles. The van der Waals surface area contributed by atoms with Gasteiger partial charge < -0.3 is 0 Å². The van der Waals surface area contributed by atoms with E-state index in [1.54, 1.807) is 6.07 Å². The second kappa shape index (κ2) is 6.07. The van der Waals surface area contributed by atoms with Crippen LogP contribution in [0.5, 0.6) is 0 Å². The number of carbonyl (C=O) groups is 1. The van der Waals surface area contributed by atoms with Gasteiger partial charge in [0.2, 0.25) is 5.13 Å². The molecule has 1 heterocycles. The van der Waals surface area contributed by atoms with Crippen molar-refractivity contribution in [2.75, 3.05) is 5.32 Å². The fourth-order valence-corrected chi connectivity index (χ4v) is 2.98. The highest BCUT2D eigenvalue weighted by molar-refractivity contribution is 7.18. The average molecular weight is 309 g/mol. The molecule has 0 unspecified atom stereocenters. The molecule has 0 fully saturated rings. The van der Waals surface area contributed by atoms with E-state index in [4.69, 9.17) is 0 Å². The predicted molar refractivity (Wildman–Crippen MR) is 89.2 cm³/mol. The van der Waals surface area contributed by atoms with Crippen LogP contribution in [0.4, 0.5) is 5.13 Å². The maximum absolute atomic E-state index is 12.2. The molecule has 3 rings (SSSR count). The molecule has 0 aliphatic rings. The van der Waals surface area contributed by atoms with Crippen LogP contribution < -0.4 is 5.32 Å². The van der Waals surface area contributed by atoms with Gasteiger partial charge in [0.1, 0.15) is 5.01 Å². The lowest BCUT2D eigenvalue weighted by molar-refractivity contribution is 0.102. The molecule has 2 aromatic carbocycles. The van der Waals surface area contributed by atoms with Crippen LogP contribution in [-0.4, -0.2) is 16.1 Å². The van der Waals surface area contributed by atoms with Gasteiger partial charge in [0.15, 0.2) is 0 Å². The summed E-state index contributed by atoms with van der Waals surface area (Å²) >= 11 is 1.37. The molecule has 22 heavy (non-hydrogen) atoms. The van der Waals surface area contributed by atoms with Crippen molar-refractivity contribution in [2.45, 2.75) is 13.8 Å².